The minimum Gasteiger partial charge on any atom is -0.492 e. The summed E-state index contributed by atoms with van der Waals surface area (Å²) in [5, 5.41) is 3.06. The van der Waals surface area contributed by atoms with Crippen LogP contribution in [0.3, 0.4) is 0 Å². The molecule has 2 fully saturated rings. The maximum absolute atomic E-state index is 12.5. The third-order valence-electron chi connectivity index (χ3n) is 5.60. The molecule has 1 aliphatic heterocycles. The molecule has 0 spiro atoms. The average molecular weight is 345 g/mol. The van der Waals surface area contributed by atoms with Crippen LogP contribution in [0.25, 0.3) is 0 Å². The summed E-state index contributed by atoms with van der Waals surface area (Å²) in [6.45, 7) is 6.71. The van der Waals surface area contributed by atoms with Crippen LogP contribution < -0.4 is 15.8 Å². The number of carbonyl (C=O) groups excluding carboxylic acids is 1. The second-order valence-corrected chi connectivity index (χ2v) is 7.40. The van der Waals surface area contributed by atoms with E-state index in [4.69, 9.17) is 10.5 Å². The zero-order valence-electron chi connectivity index (χ0n) is 15.3. The molecule has 138 valence electrons. The van der Waals surface area contributed by atoms with Crippen LogP contribution in [0.1, 0.15) is 37.7 Å². The van der Waals surface area contributed by atoms with Crippen LogP contribution in [0.4, 0.5) is 5.69 Å². The van der Waals surface area contributed by atoms with E-state index in [2.05, 4.69) is 10.2 Å². The molecule has 25 heavy (non-hydrogen) atoms. The number of nitrogens with one attached hydrogen (secondary N) is 1. The van der Waals surface area contributed by atoms with Crippen LogP contribution in [-0.2, 0) is 4.79 Å². The molecular weight excluding hydrogens is 314 g/mol. The van der Waals surface area contributed by atoms with Crippen molar-refractivity contribution in [2.24, 2.45) is 17.6 Å². The van der Waals surface area contributed by atoms with Gasteiger partial charge in [-0.25, -0.2) is 0 Å². The lowest BCUT2D eigenvalue weighted by Gasteiger charge is -2.18. The molecule has 0 radical (unpaired) electrons. The summed E-state index contributed by atoms with van der Waals surface area (Å²) in [6.07, 6.45) is 5.73. The fraction of sp³-hybridized carbons (Fsp3) is 0.650. The Kier molecular flexibility index (Phi) is 6.32. The molecule has 1 aromatic rings. The normalized spacial score (nSPS) is 23.8. The lowest BCUT2D eigenvalue weighted by atomic mass is 9.95. The summed E-state index contributed by atoms with van der Waals surface area (Å²) >= 11 is 0. The van der Waals surface area contributed by atoms with Gasteiger partial charge in [0.15, 0.2) is 0 Å². The Morgan fingerprint density at radius 3 is 2.80 bits per heavy atom. The molecule has 1 heterocycles. The largest absolute Gasteiger partial charge is 0.492 e. The van der Waals surface area contributed by atoms with E-state index >= 15 is 0 Å². The van der Waals surface area contributed by atoms with Gasteiger partial charge >= 0.3 is 0 Å². The van der Waals surface area contributed by atoms with Crippen molar-refractivity contribution < 1.29 is 9.53 Å². The summed E-state index contributed by atoms with van der Waals surface area (Å²) in [5.41, 5.74) is 7.69. The van der Waals surface area contributed by atoms with Crippen molar-refractivity contribution in [1.82, 2.24) is 4.90 Å². The van der Waals surface area contributed by atoms with Gasteiger partial charge in [-0.1, -0.05) is 6.42 Å². The van der Waals surface area contributed by atoms with Gasteiger partial charge in [0, 0.05) is 18.2 Å². The van der Waals surface area contributed by atoms with Crippen molar-refractivity contribution in [2.45, 2.75) is 39.0 Å². The maximum atomic E-state index is 12.5. The van der Waals surface area contributed by atoms with Gasteiger partial charge in [-0.2, -0.15) is 0 Å². The highest BCUT2D eigenvalue weighted by atomic mass is 16.5. The maximum Gasteiger partial charge on any atom is 0.227 e. The number of hydrogen-bond acceptors (Lipinski definition) is 4. The quantitative estimate of drug-likeness (QED) is 0.797. The van der Waals surface area contributed by atoms with Gasteiger partial charge in [-0.05, 0) is 81.9 Å². The minimum absolute atomic E-state index is 0.0571. The third kappa shape index (κ3) is 4.73. The van der Waals surface area contributed by atoms with Crippen molar-refractivity contribution in [3.63, 3.8) is 0 Å². The number of anilines is 1. The molecule has 1 saturated carbocycles. The van der Waals surface area contributed by atoms with Gasteiger partial charge < -0.3 is 15.8 Å². The zero-order chi connectivity index (χ0) is 17.6. The molecule has 0 aromatic heterocycles. The Hall–Kier alpha value is -1.59. The first-order chi connectivity index (χ1) is 12.2. The first-order valence-electron chi connectivity index (χ1n) is 9.64. The van der Waals surface area contributed by atoms with Gasteiger partial charge in [0.2, 0.25) is 5.91 Å². The molecule has 2 atom stereocenters. The molecule has 0 bridgehead atoms. The van der Waals surface area contributed by atoms with E-state index in [-0.39, 0.29) is 11.8 Å². The Balaban J connectivity index is 1.51. The molecule has 5 heteroatoms. The molecule has 1 saturated heterocycles. The van der Waals surface area contributed by atoms with Crippen molar-refractivity contribution in [2.75, 3.05) is 38.1 Å². The summed E-state index contributed by atoms with van der Waals surface area (Å²) in [6, 6.07) is 5.89. The molecule has 1 aromatic carbocycles. The third-order valence-corrected chi connectivity index (χ3v) is 5.60. The molecule has 1 aliphatic carbocycles. The number of rotatable bonds is 7. The van der Waals surface area contributed by atoms with Crippen LogP contribution >= 0.6 is 0 Å². The molecule has 2 aliphatic rings. The van der Waals surface area contributed by atoms with Crippen molar-refractivity contribution in [3.05, 3.63) is 23.8 Å². The van der Waals surface area contributed by atoms with E-state index in [1.165, 1.54) is 25.9 Å². The molecule has 1 amide bonds. The number of nitrogens with two attached hydrogens (primary N) is 1. The topological polar surface area (TPSA) is 67.6 Å². The van der Waals surface area contributed by atoms with E-state index in [1.807, 2.05) is 25.1 Å². The lowest BCUT2D eigenvalue weighted by Crippen LogP contribution is -2.29. The van der Waals surface area contributed by atoms with Crippen molar-refractivity contribution in [1.29, 1.82) is 0 Å². The Bertz CT molecular complexity index is 584. The van der Waals surface area contributed by atoms with E-state index in [9.17, 15) is 4.79 Å². The predicted octanol–water partition coefficient (Wildman–Crippen LogP) is 2.78. The minimum atomic E-state index is 0.0571. The predicted molar refractivity (Wildman–Crippen MR) is 101 cm³/mol. The highest BCUT2D eigenvalue weighted by Crippen LogP contribution is 2.32. The number of benzene rings is 1. The van der Waals surface area contributed by atoms with Gasteiger partial charge in [-0.15, -0.1) is 0 Å². The monoisotopic (exact) mass is 345 g/mol. The standard InChI is InChI=1S/C20H31N3O2/c1-15-13-17(22-20(24)18-6-4-5-16(18)14-21)7-8-19(15)25-12-11-23-9-2-3-10-23/h7-8,13,16,18H,2-6,9-12,14,21H2,1H3,(H,22,24)/t16-,18-/m1/s1. The SMILES string of the molecule is Cc1cc(NC(=O)[C@@H]2CCC[C@@H]2CN)ccc1OCCN1CCCC1. The number of amides is 1. The van der Waals surface area contributed by atoms with Crippen LogP contribution in [0.2, 0.25) is 0 Å². The smallest absolute Gasteiger partial charge is 0.227 e. The highest BCUT2D eigenvalue weighted by molar-refractivity contribution is 5.93. The fourth-order valence-corrected chi connectivity index (χ4v) is 4.08. The van der Waals surface area contributed by atoms with Crippen LogP contribution in [-0.4, -0.2) is 43.6 Å². The first-order valence-corrected chi connectivity index (χ1v) is 9.64. The number of nitrogens with zero attached hydrogens (tertiary/aromatic N) is 1. The van der Waals surface area contributed by atoms with Crippen LogP contribution in [0.5, 0.6) is 5.75 Å². The Morgan fingerprint density at radius 1 is 1.28 bits per heavy atom. The van der Waals surface area contributed by atoms with Crippen LogP contribution in [0, 0.1) is 18.8 Å². The molecule has 3 N–H and O–H groups in total. The molecule has 0 unspecified atom stereocenters. The lowest BCUT2D eigenvalue weighted by molar-refractivity contribution is -0.120. The van der Waals surface area contributed by atoms with E-state index in [0.717, 1.165) is 42.8 Å². The van der Waals surface area contributed by atoms with E-state index < -0.39 is 0 Å². The first kappa shape index (κ1) is 18.2. The second-order valence-electron chi connectivity index (χ2n) is 7.40. The van der Waals surface area contributed by atoms with E-state index in [1.54, 1.807) is 0 Å². The number of carbonyl (C=O) groups is 1. The second kappa shape index (κ2) is 8.68. The van der Waals surface area contributed by atoms with Gasteiger partial charge in [-0.3, -0.25) is 9.69 Å². The summed E-state index contributed by atoms with van der Waals surface area (Å²) in [5.74, 6) is 1.39. The number of hydrogen-bond donors (Lipinski definition) is 2. The van der Waals surface area contributed by atoms with Gasteiger partial charge in [0.05, 0.1) is 0 Å². The number of likely N-dealkylation sites (tertiary alicyclic amines) is 1. The number of ether oxygens (including phenoxy) is 1. The van der Waals surface area contributed by atoms with Gasteiger partial charge in [0.1, 0.15) is 12.4 Å². The van der Waals surface area contributed by atoms with E-state index in [0.29, 0.717) is 19.1 Å². The summed E-state index contributed by atoms with van der Waals surface area (Å²) in [4.78, 5) is 14.9. The highest BCUT2D eigenvalue weighted by Gasteiger charge is 2.31. The molecular formula is C20H31N3O2. The Labute approximate surface area is 150 Å². The number of aryl methyl sites for hydroxylation is 1. The zero-order valence-corrected chi connectivity index (χ0v) is 15.3. The summed E-state index contributed by atoms with van der Waals surface area (Å²) < 4.78 is 5.92. The molecule has 3 rings (SSSR count). The van der Waals surface area contributed by atoms with Crippen molar-refractivity contribution in [3.8, 4) is 5.75 Å². The van der Waals surface area contributed by atoms with Crippen LogP contribution in [0.15, 0.2) is 18.2 Å². The molecule has 5 nitrogen and oxygen atoms in total. The fourth-order valence-electron chi connectivity index (χ4n) is 4.08. The van der Waals surface area contributed by atoms with Crippen molar-refractivity contribution >= 4 is 11.6 Å². The Morgan fingerprint density at radius 2 is 2.08 bits per heavy atom. The van der Waals surface area contributed by atoms with Gasteiger partial charge in [0.25, 0.3) is 0 Å². The average Bonchev–Trinajstić information content (AvgIpc) is 3.27. The summed E-state index contributed by atoms with van der Waals surface area (Å²) in [7, 11) is 0.